The maximum absolute atomic E-state index is 11.9. The molecule has 6 nitrogen and oxygen atoms in total. The molecule has 1 atom stereocenters. The molecule has 0 spiro atoms. The van der Waals surface area contributed by atoms with E-state index in [0.717, 1.165) is 77.0 Å². The van der Waals surface area contributed by atoms with Crippen LogP contribution in [0.2, 0.25) is 0 Å². The van der Waals surface area contributed by atoms with Crippen molar-refractivity contribution in [1.82, 2.24) is 0 Å². The van der Waals surface area contributed by atoms with Crippen LogP contribution in [0.15, 0.2) is 24.3 Å². The average Bonchev–Trinajstić information content (AvgIpc) is 3.00. The van der Waals surface area contributed by atoms with Gasteiger partial charge in [-0.05, 0) is 38.2 Å². The second-order valence-corrected chi connectivity index (χ2v) is 12.0. The summed E-state index contributed by atoms with van der Waals surface area (Å²) in [4.78, 5) is 35.5. The Balaban J connectivity index is 3.51. The van der Waals surface area contributed by atoms with Gasteiger partial charge in [0.15, 0.2) is 5.78 Å². The van der Waals surface area contributed by atoms with Gasteiger partial charge in [0.1, 0.15) is 19.3 Å². The molecular weight excluding hydrogens is 540 g/mol. The number of allylic oxidation sites excluding steroid dienone is 4. The van der Waals surface area contributed by atoms with Crippen molar-refractivity contribution in [2.45, 2.75) is 180 Å². The lowest BCUT2D eigenvalue weighted by Gasteiger charge is -2.12. The van der Waals surface area contributed by atoms with Crippen LogP contribution in [0.3, 0.4) is 0 Å². The van der Waals surface area contributed by atoms with Crippen LogP contribution in [0, 0.1) is 0 Å². The first-order valence-electron chi connectivity index (χ1n) is 17.8. The second kappa shape index (κ2) is 33.0. The Kier molecular flexibility index (Phi) is 31.5. The summed E-state index contributed by atoms with van der Waals surface area (Å²) in [5, 5.41) is 9.97. The van der Waals surface area contributed by atoms with E-state index in [-0.39, 0.29) is 30.9 Å². The third kappa shape index (κ3) is 32.8. The molecule has 0 aromatic rings. The molecule has 1 N–H and O–H groups in total. The van der Waals surface area contributed by atoms with Crippen molar-refractivity contribution < 1.29 is 29.0 Å². The Morgan fingerprint density at radius 1 is 0.535 bits per heavy atom. The molecule has 0 aliphatic carbocycles. The second-order valence-electron chi connectivity index (χ2n) is 12.0. The Labute approximate surface area is 264 Å². The lowest BCUT2D eigenvalue weighted by Crippen LogP contribution is -2.25. The molecule has 0 amide bonds. The number of carbonyl (C=O) groups is 3. The first-order chi connectivity index (χ1) is 21.0. The molecule has 0 heterocycles. The van der Waals surface area contributed by atoms with Gasteiger partial charge in [-0.3, -0.25) is 14.4 Å². The summed E-state index contributed by atoms with van der Waals surface area (Å²) < 4.78 is 10.3. The molecule has 0 saturated carbocycles. The number of carbonyl (C=O) groups excluding carboxylic acids is 3. The number of hydrogen-bond donors (Lipinski definition) is 1. The van der Waals surface area contributed by atoms with Crippen molar-refractivity contribution in [3.63, 3.8) is 0 Å². The average molecular weight is 607 g/mol. The van der Waals surface area contributed by atoms with Crippen molar-refractivity contribution in [2.24, 2.45) is 0 Å². The van der Waals surface area contributed by atoms with E-state index in [0.29, 0.717) is 19.3 Å². The third-order valence-corrected chi connectivity index (χ3v) is 7.67. The zero-order valence-electron chi connectivity index (χ0n) is 28.0. The summed E-state index contributed by atoms with van der Waals surface area (Å²) in [7, 11) is 0. The van der Waals surface area contributed by atoms with Crippen LogP contribution in [0.4, 0.5) is 0 Å². The summed E-state index contributed by atoms with van der Waals surface area (Å²) in [5.41, 5.74) is 0. The highest BCUT2D eigenvalue weighted by Gasteiger charge is 2.12. The molecule has 0 rings (SSSR count). The number of ketones is 1. The number of unbranched alkanes of at least 4 members (excludes halogenated alkanes) is 19. The van der Waals surface area contributed by atoms with E-state index in [2.05, 4.69) is 19.9 Å². The molecule has 43 heavy (non-hydrogen) atoms. The van der Waals surface area contributed by atoms with Gasteiger partial charge in [0.25, 0.3) is 0 Å². The van der Waals surface area contributed by atoms with Crippen LogP contribution in [0.5, 0.6) is 0 Å². The number of aliphatic hydroxyl groups excluding tert-OH is 1. The molecule has 0 unspecified atom stereocenters. The smallest absolute Gasteiger partial charge is 0.305 e. The molecule has 0 aromatic heterocycles. The standard InChI is InChI=1S/C37H66O6/c1-3-5-7-8-9-10-11-12-13-16-19-22-26-30-36(40)42-32-35(39)33-43-37(41)31-27-23-20-17-14-15-18-21-25-29-34(38)28-24-6-4-2/h18,21,25,29,35,39H,3-17,19-20,22-24,26-28,30-33H2,1-2H3/b21-18-,29-25+/t35-/m0/s1. The fraction of sp³-hybridized carbons (Fsp3) is 0.811. The molecule has 0 fully saturated rings. The Bertz CT molecular complexity index is 714. The predicted molar refractivity (Wildman–Crippen MR) is 178 cm³/mol. The minimum absolute atomic E-state index is 0.135. The maximum Gasteiger partial charge on any atom is 0.305 e. The molecule has 0 saturated heterocycles. The molecule has 6 heteroatoms. The Hall–Kier alpha value is -1.95. The van der Waals surface area contributed by atoms with E-state index >= 15 is 0 Å². The summed E-state index contributed by atoms with van der Waals surface area (Å²) in [6.45, 7) is 4.11. The predicted octanol–water partition coefficient (Wildman–Crippen LogP) is 9.91. The van der Waals surface area contributed by atoms with Crippen LogP contribution in [0.1, 0.15) is 174 Å². The van der Waals surface area contributed by atoms with Gasteiger partial charge in [-0.15, -0.1) is 0 Å². The molecule has 0 bridgehead atoms. The maximum atomic E-state index is 11.9. The van der Waals surface area contributed by atoms with Gasteiger partial charge in [-0.2, -0.15) is 0 Å². The summed E-state index contributed by atoms with van der Waals surface area (Å²) in [6, 6.07) is 0. The SMILES string of the molecule is CCCCCCCCCCCCCCCC(=O)OC[C@H](O)COC(=O)CCCCCCC/C=C\C=C\C(=O)CCCCC. The fourth-order valence-electron chi connectivity index (χ4n) is 4.89. The highest BCUT2D eigenvalue weighted by atomic mass is 16.6. The largest absolute Gasteiger partial charge is 0.463 e. The molecule has 0 aromatic carbocycles. The van der Waals surface area contributed by atoms with Gasteiger partial charge in [0.05, 0.1) is 0 Å². The van der Waals surface area contributed by atoms with E-state index in [4.69, 9.17) is 9.47 Å². The first-order valence-corrected chi connectivity index (χ1v) is 17.8. The molecule has 0 aliphatic heterocycles. The lowest BCUT2D eigenvalue weighted by molar-refractivity contribution is -0.152. The van der Waals surface area contributed by atoms with Crippen molar-refractivity contribution in [2.75, 3.05) is 13.2 Å². The lowest BCUT2D eigenvalue weighted by atomic mass is 10.0. The van der Waals surface area contributed by atoms with E-state index in [1.54, 1.807) is 6.08 Å². The number of ether oxygens (including phenoxy) is 2. The van der Waals surface area contributed by atoms with Crippen molar-refractivity contribution >= 4 is 17.7 Å². The summed E-state index contributed by atoms with van der Waals surface area (Å²) >= 11 is 0. The summed E-state index contributed by atoms with van der Waals surface area (Å²) in [5.74, 6) is -0.422. The molecular formula is C37H66O6. The number of hydrogen-bond acceptors (Lipinski definition) is 6. The highest BCUT2D eigenvalue weighted by molar-refractivity contribution is 5.89. The number of aliphatic hydroxyl groups is 1. The topological polar surface area (TPSA) is 89.9 Å². The Morgan fingerprint density at radius 2 is 0.930 bits per heavy atom. The van der Waals surface area contributed by atoms with E-state index in [1.807, 2.05) is 12.2 Å². The summed E-state index contributed by atoms with van der Waals surface area (Å²) in [6.07, 6.45) is 33.5. The zero-order chi connectivity index (χ0) is 31.6. The first kappa shape index (κ1) is 41.0. The number of rotatable bonds is 32. The van der Waals surface area contributed by atoms with E-state index in [9.17, 15) is 19.5 Å². The van der Waals surface area contributed by atoms with Gasteiger partial charge in [0.2, 0.25) is 0 Å². The minimum Gasteiger partial charge on any atom is -0.463 e. The quantitative estimate of drug-likeness (QED) is 0.0355. The zero-order valence-corrected chi connectivity index (χ0v) is 28.0. The van der Waals surface area contributed by atoms with Crippen molar-refractivity contribution in [3.8, 4) is 0 Å². The van der Waals surface area contributed by atoms with Crippen molar-refractivity contribution in [3.05, 3.63) is 24.3 Å². The third-order valence-electron chi connectivity index (χ3n) is 7.67. The van der Waals surface area contributed by atoms with Gasteiger partial charge in [-0.1, -0.05) is 141 Å². The van der Waals surface area contributed by atoms with Gasteiger partial charge in [-0.25, -0.2) is 0 Å². The van der Waals surface area contributed by atoms with Crippen LogP contribution in [-0.4, -0.2) is 42.1 Å². The Morgan fingerprint density at radius 3 is 1.42 bits per heavy atom. The van der Waals surface area contributed by atoms with Gasteiger partial charge < -0.3 is 14.6 Å². The molecule has 0 radical (unpaired) electrons. The normalized spacial score (nSPS) is 12.3. The number of esters is 2. The molecule has 0 aliphatic rings. The van der Waals surface area contributed by atoms with Crippen LogP contribution in [0.25, 0.3) is 0 Å². The van der Waals surface area contributed by atoms with Crippen LogP contribution in [-0.2, 0) is 23.9 Å². The van der Waals surface area contributed by atoms with Crippen LogP contribution >= 0.6 is 0 Å². The van der Waals surface area contributed by atoms with Gasteiger partial charge in [0, 0.05) is 19.3 Å². The fourth-order valence-corrected chi connectivity index (χ4v) is 4.89. The monoisotopic (exact) mass is 606 g/mol. The van der Waals surface area contributed by atoms with E-state index in [1.165, 1.54) is 64.2 Å². The van der Waals surface area contributed by atoms with Crippen LogP contribution < -0.4 is 0 Å². The van der Waals surface area contributed by atoms with Crippen molar-refractivity contribution in [1.29, 1.82) is 0 Å². The van der Waals surface area contributed by atoms with Gasteiger partial charge >= 0.3 is 11.9 Å². The minimum atomic E-state index is -0.985. The highest BCUT2D eigenvalue weighted by Crippen LogP contribution is 2.13. The van der Waals surface area contributed by atoms with E-state index < -0.39 is 6.10 Å². The molecule has 250 valence electrons.